The van der Waals surface area contributed by atoms with Crippen LogP contribution in [0.1, 0.15) is 37.6 Å². The molecule has 0 radical (unpaired) electrons. The highest BCUT2D eigenvalue weighted by molar-refractivity contribution is 5.77. The number of aromatic nitrogens is 3. The number of rotatable bonds is 7. The van der Waals surface area contributed by atoms with Crippen molar-refractivity contribution in [2.75, 3.05) is 6.61 Å². The first-order valence-corrected chi connectivity index (χ1v) is 7.43. The van der Waals surface area contributed by atoms with Crippen molar-refractivity contribution in [1.29, 1.82) is 0 Å². The van der Waals surface area contributed by atoms with Gasteiger partial charge in [0.1, 0.15) is 12.1 Å². The first kappa shape index (κ1) is 16.0. The zero-order chi connectivity index (χ0) is 15.9. The molecular formula is C16H22N4O2. The van der Waals surface area contributed by atoms with Gasteiger partial charge in [-0.15, -0.1) is 0 Å². The van der Waals surface area contributed by atoms with Gasteiger partial charge in [0.15, 0.2) is 12.4 Å². The first-order chi connectivity index (χ1) is 10.6. The van der Waals surface area contributed by atoms with E-state index in [0.29, 0.717) is 18.3 Å². The smallest absolute Gasteiger partial charge is 0.258 e. The van der Waals surface area contributed by atoms with Gasteiger partial charge in [-0.2, -0.15) is 5.10 Å². The minimum absolute atomic E-state index is 0.0136. The van der Waals surface area contributed by atoms with Crippen molar-refractivity contribution in [3.63, 3.8) is 0 Å². The largest absolute Gasteiger partial charge is 0.483 e. The molecule has 0 saturated heterocycles. The number of carbonyl (C=O) groups excluding carboxylic acids is 1. The molecule has 0 aliphatic rings. The number of nitrogens with zero attached hydrogens (tertiary/aromatic N) is 3. The summed E-state index contributed by atoms with van der Waals surface area (Å²) in [5.41, 5.74) is 1.13. The van der Waals surface area contributed by atoms with Gasteiger partial charge in [0.2, 0.25) is 0 Å². The molecule has 2 rings (SSSR count). The van der Waals surface area contributed by atoms with Crippen molar-refractivity contribution in [2.45, 2.75) is 32.7 Å². The Hall–Kier alpha value is -2.37. The molecule has 1 atom stereocenters. The standard InChI is InChI=1S/C16H22N4O2/c1-4-12(2)13-7-5-6-8-14(13)22-10-16(21)17-9-15-18-11-20(3)19-15/h5-8,11-12H,4,9-10H2,1-3H3,(H,17,21)/t12-/m1/s1. The minimum Gasteiger partial charge on any atom is -0.483 e. The number of hydrogen-bond acceptors (Lipinski definition) is 4. The molecule has 2 aromatic rings. The Labute approximate surface area is 130 Å². The second-order valence-electron chi connectivity index (χ2n) is 5.25. The van der Waals surface area contributed by atoms with Crippen LogP contribution in [-0.4, -0.2) is 27.3 Å². The number of ether oxygens (including phenoxy) is 1. The molecule has 0 spiro atoms. The summed E-state index contributed by atoms with van der Waals surface area (Å²) in [4.78, 5) is 15.9. The van der Waals surface area contributed by atoms with E-state index in [0.717, 1.165) is 17.7 Å². The molecule has 6 nitrogen and oxygen atoms in total. The third kappa shape index (κ3) is 4.31. The van der Waals surface area contributed by atoms with Gasteiger partial charge in [-0.05, 0) is 24.0 Å². The van der Waals surface area contributed by atoms with E-state index in [1.807, 2.05) is 24.3 Å². The summed E-state index contributed by atoms with van der Waals surface area (Å²) in [5, 5.41) is 6.84. The first-order valence-electron chi connectivity index (χ1n) is 7.43. The van der Waals surface area contributed by atoms with E-state index in [-0.39, 0.29) is 12.5 Å². The van der Waals surface area contributed by atoms with E-state index in [2.05, 4.69) is 29.2 Å². The Bertz CT molecular complexity index is 624. The monoisotopic (exact) mass is 302 g/mol. The van der Waals surface area contributed by atoms with Crippen LogP contribution >= 0.6 is 0 Å². The Morgan fingerprint density at radius 1 is 1.41 bits per heavy atom. The molecule has 0 aliphatic heterocycles. The predicted octanol–water partition coefficient (Wildman–Crippen LogP) is 2.02. The SMILES string of the molecule is CC[C@@H](C)c1ccccc1OCC(=O)NCc1ncn(C)n1. The summed E-state index contributed by atoms with van der Waals surface area (Å²) in [6.07, 6.45) is 2.62. The quantitative estimate of drug-likeness (QED) is 0.849. The number of hydrogen-bond donors (Lipinski definition) is 1. The molecule has 1 amide bonds. The van der Waals surface area contributed by atoms with E-state index < -0.39 is 0 Å². The highest BCUT2D eigenvalue weighted by Crippen LogP contribution is 2.28. The third-order valence-electron chi connectivity index (χ3n) is 3.51. The van der Waals surface area contributed by atoms with E-state index in [1.54, 1.807) is 18.1 Å². The number of para-hydroxylation sites is 1. The molecule has 1 N–H and O–H groups in total. The molecule has 0 fully saturated rings. The van der Waals surface area contributed by atoms with Crippen molar-refractivity contribution >= 4 is 5.91 Å². The van der Waals surface area contributed by atoms with Gasteiger partial charge in [0.25, 0.3) is 5.91 Å². The second kappa shape index (κ2) is 7.59. The van der Waals surface area contributed by atoms with Crippen LogP contribution in [0.2, 0.25) is 0 Å². The fourth-order valence-corrected chi connectivity index (χ4v) is 2.08. The zero-order valence-corrected chi connectivity index (χ0v) is 13.2. The van der Waals surface area contributed by atoms with Crippen LogP contribution in [0.25, 0.3) is 0 Å². The Kier molecular flexibility index (Phi) is 5.52. The highest BCUT2D eigenvalue weighted by atomic mass is 16.5. The molecule has 0 unspecified atom stereocenters. The van der Waals surface area contributed by atoms with Gasteiger partial charge < -0.3 is 10.1 Å². The normalized spacial score (nSPS) is 12.0. The van der Waals surface area contributed by atoms with Crippen molar-refractivity contribution in [1.82, 2.24) is 20.1 Å². The highest BCUT2D eigenvalue weighted by Gasteiger charge is 2.11. The average molecular weight is 302 g/mol. The lowest BCUT2D eigenvalue weighted by Crippen LogP contribution is -2.29. The summed E-state index contributed by atoms with van der Waals surface area (Å²) in [5.74, 6) is 1.56. The van der Waals surface area contributed by atoms with Gasteiger partial charge >= 0.3 is 0 Å². The van der Waals surface area contributed by atoms with Gasteiger partial charge in [-0.1, -0.05) is 32.0 Å². The molecule has 0 aliphatic carbocycles. The Balaban J connectivity index is 1.86. The maximum atomic E-state index is 11.8. The van der Waals surface area contributed by atoms with E-state index >= 15 is 0 Å². The van der Waals surface area contributed by atoms with Gasteiger partial charge in [0, 0.05) is 7.05 Å². The Morgan fingerprint density at radius 2 is 2.18 bits per heavy atom. The topological polar surface area (TPSA) is 69.0 Å². The van der Waals surface area contributed by atoms with E-state index in [4.69, 9.17) is 4.74 Å². The van der Waals surface area contributed by atoms with Crippen molar-refractivity contribution < 1.29 is 9.53 Å². The minimum atomic E-state index is -0.189. The second-order valence-corrected chi connectivity index (χ2v) is 5.25. The fraction of sp³-hybridized carbons (Fsp3) is 0.438. The summed E-state index contributed by atoms with van der Waals surface area (Å²) >= 11 is 0. The number of aryl methyl sites for hydroxylation is 1. The van der Waals surface area contributed by atoms with Crippen LogP contribution in [0.4, 0.5) is 0 Å². The number of amides is 1. The molecule has 1 aromatic heterocycles. The summed E-state index contributed by atoms with van der Waals surface area (Å²) in [7, 11) is 1.78. The van der Waals surface area contributed by atoms with Gasteiger partial charge in [-0.25, -0.2) is 4.98 Å². The maximum absolute atomic E-state index is 11.8. The predicted molar refractivity (Wildman–Crippen MR) is 83.5 cm³/mol. The lowest BCUT2D eigenvalue weighted by Gasteiger charge is -2.15. The summed E-state index contributed by atoms with van der Waals surface area (Å²) in [6, 6.07) is 7.84. The van der Waals surface area contributed by atoms with Crippen molar-refractivity contribution in [3.8, 4) is 5.75 Å². The molecule has 0 bridgehead atoms. The van der Waals surface area contributed by atoms with Crippen molar-refractivity contribution in [2.24, 2.45) is 7.05 Å². The molecule has 0 saturated carbocycles. The van der Waals surface area contributed by atoms with Gasteiger partial charge in [-0.3, -0.25) is 9.48 Å². The number of nitrogens with one attached hydrogen (secondary N) is 1. The summed E-state index contributed by atoms with van der Waals surface area (Å²) in [6.45, 7) is 4.57. The van der Waals surface area contributed by atoms with Crippen LogP contribution in [0.3, 0.4) is 0 Å². The number of benzene rings is 1. The van der Waals surface area contributed by atoms with Gasteiger partial charge in [0.05, 0.1) is 6.54 Å². The lowest BCUT2D eigenvalue weighted by atomic mass is 9.98. The molecule has 1 heterocycles. The van der Waals surface area contributed by atoms with Crippen LogP contribution in [0.5, 0.6) is 5.75 Å². The lowest BCUT2D eigenvalue weighted by molar-refractivity contribution is -0.123. The third-order valence-corrected chi connectivity index (χ3v) is 3.51. The van der Waals surface area contributed by atoms with E-state index in [1.165, 1.54) is 0 Å². The van der Waals surface area contributed by atoms with Crippen LogP contribution < -0.4 is 10.1 Å². The average Bonchev–Trinajstić information content (AvgIpc) is 2.96. The number of carbonyl (C=O) groups is 1. The van der Waals surface area contributed by atoms with Crippen LogP contribution in [0, 0.1) is 0 Å². The summed E-state index contributed by atoms with van der Waals surface area (Å²) < 4.78 is 7.26. The zero-order valence-electron chi connectivity index (χ0n) is 13.2. The van der Waals surface area contributed by atoms with Crippen LogP contribution in [0.15, 0.2) is 30.6 Å². The van der Waals surface area contributed by atoms with Crippen molar-refractivity contribution in [3.05, 3.63) is 42.0 Å². The fourth-order valence-electron chi connectivity index (χ4n) is 2.08. The molecule has 1 aromatic carbocycles. The maximum Gasteiger partial charge on any atom is 0.258 e. The van der Waals surface area contributed by atoms with Crippen LogP contribution in [-0.2, 0) is 18.4 Å². The molecule has 6 heteroatoms. The molecular weight excluding hydrogens is 280 g/mol. The molecule has 118 valence electrons. The van der Waals surface area contributed by atoms with E-state index in [9.17, 15) is 4.79 Å². The molecule has 22 heavy (non-hydrogen) atoms. The Morgan fingerprint density at radius 3 is 2.86 bits per heavy atom.